The number of anilines is 2. The van der Waals surface area contributed by atoms with Crippen molar-refractivity contribution in [1.29, 1.82) is 5.26 Å². The number of fused-ring (bicyclic) bond motifs is 2. The Balaban J connectivity index is 1.83. The van der Waals surface area contributed by atoms with E-state index in [1.54, 1.807) is 0 Å². The van der Waals surface area contributed by atoms with Gasteiger partial charge in [0.05, 0.1) is 24.8 Å². The Bertz CT molecular complexity index is 826. The number of nitrogens with zero attached hydrogens (tertiary/aromatic N) is 2. The van der Waals surface area contributed by atoms with Gasteiger partial charge in [0.2, 0.25) is 6.79 Å². The quantitative estimate of drug-likeness (QED) is 0.806. The van der Waals surface area contributed by atoms with Crippen molar-refractivity contribution in [3.8, 4) is 17.6 Å². The van der Waals surface area contributed by atoms with Gasteiger partial charge in [0.1, 0.15) is 0 Å². The van der Waals surface area contributed by atoms with Crippen LogP contribution >= 0.6 is 0 Å². The molecule has 0 radical (unpaired) electrons. The van der Waals surface area contributed by atoms with Gasteiger partial charge < -0.3 is 19.1 Å². The molecule has 0 fully saturated rings. The van der Waals surface area contributed by atoms with Crippen LogP contribution in [0.1, 0.15) is 16.7 Å². The summed E-state index contributed by atoms with van der Waals surface area (Å²) in [6, 6.07) is 12.2. The molecule has 2 aromatic carbocycles. The number of rotatable bonds is 1. The molecule has 5 nitrogen and oxygen atoms in total. The maximum absolute atomic E-state index is 9.26. The highest BCUT2D eigenvalue weighted by Gasteiger charge is 2.22. The molecule has 0 bridgehead atoms. The van der Waals surface area contributed by atoms with E-state index in [0.717, 1.165) is 41.4 Å². The van der Waals surface area contributed by atoms with Crippen molar-refractivity contribution in [2.75, 3.05) is 31.5 Å². The first-order chi connectivity index (χ1) is 11.8. The minimum atomic E-state index is 0.262. The molecule has 2 aromatic rings. The Morgan fingerprint density at radius 2 is 2.04 bits per heavy atom. The van der Waals surface area contributed by atoms with Crippen molar-refractivity contribution in [2.24, 2.45) is 0 Å². The second-order valence-electron chi connectivity index (χ2n) is 5.97. The Labute approximate surface area is 141 Å². The maximum Gasteiger partial charge on any atom is 0.231 e. The monoisotopic (exact) mass is 322 g/mol. The first-order valence-electron chi connectivity index (χ1n) is 8.05. The van der Waals surface area contributed by atoms with Crippen LogP contribution in [0.2, 0.25) is 0 Å². The minimum absolute atomic E-state index is 0.262. The number of nitriles is 1. The number of benzene rings is 2. The molecule has 0 amide bonds. The predicted molar refractivity (Wildman–Crippen MR) is 90.0 cm³/mol. The van der Waals surface area contributed by atoms with Gasteiger partial charge in [0, 0.05) is 24.0 Å². The number of hydrogen-bond donors (Lipinski definition) is 0. The van der Waals surface area contributed by atoms with Crippen LogP contribution in [0.4, 0.5) is 11.4 Å². The molecule has 122 valence electrons. The summed E-state index contributed by atoms with van der Waals surface area (Å²) in [7, 11) is 0. The van der Waals surface area contributed by atoms with E-state index in [1.165, 1.54) is 5.56 Å². The van der Waals surface area contributed by atoms with Crippen LogP contribution in [-0.2, 0) is 11.2 Å². The maximum atomic E-state index is 9.26. The van der Waals surface area contributed by atoms with Crippen molar-refractivity contribution in [1.82, 2.24) is 0 Å². The molecule has 0 aromatic heterocycles. The third-order valence-corrected chi connectivity index (χ3v) is 4.43. The van der Waals surface area contributed by atoms with Crippen LogP contribution in [0.5, 0.6) is 11.5 Å². The molecule has 0 aliphatic carbocycles. The number of aryl methyl sites for hydroxylation is 1. The Hall–Kier alpha value is -2.71. The smallest absolute Gasteiger partial charge is 0.231 e. The summed E-state index contributed by atoms with van der Waals surface area (Å²) in [6.45, 7) is 4.35. The molecule has 2 aliphatic heterocycles. The van der Waals surface area contributed by atoms with E-state index >= 15 is 0 Å². The van der Waals surface area contributed by atoms with E-state index in [-0.39, 0.29) is 6.79 Å². The van der Waals surface area contributed by atoms with Crippen molar-refractivity contribution >= 4 is 11.4 Å². The fourth-order valence-corrected chi connectivity index (χ4v) is 3.25. The van der Waals surface area contributed by atoms with Gasteiger partial charge in [0.25, 0.3) is 0 Å². The topological polar surface area (TPSA) is 54.7 Å². The molecule has 24 heavy (non-hydrogen) atoms. The van der Waals surface area contributed by atoms with Gasteiger partial charge in [-0.15, -0.1) is 0 Å². The standard InChI is InChI=1S/C19H18N2O3/c1-13-8-16(10-18-19(13)24-12-23-18)21-5-7-22-6-4-15-3-2-14(11-20)9-17(15)21/h2-3,8-10H,4-7,12H2,1H3. The molecule has 0 atom stereocenters. The Morgan fingerprint density at radius 3 is 2.92 bits per heavy atom. The summed E-state index contributed by atoms with van der Waals surface area (Å²) < 4.78 is 16.8. The third-order valence-electron chi connectivity index (χ3n) is 4.43. The first kappa shape index (κ1) is 14.9. The normalized spacial score (nSPS) is 16.1. The average Bonchev–Trinajstić information content (AvgIpc) is 3.04. The van der Waals surface area contributed by atoms with E-state index in [9.17, 15) is 5.26 Å². The van der Waals surface area contributed by atoms with Gasteiger partial charge >= 0.3 is 0 Å². The zero-order valence-corrected chi connectivity index (χ0v) is 13.5. The summed E-state index contributed by atoms with van der Waals surface area (Å²) in [4.78, 5) is 2.20. The highest BCUT2D eigenvalue weighted by molar-refractivity contribution is 5.72. The summed E-state index contributed by atoms with van der Waals surface area (Å²) in [6.07, 6.45) is 0.834. The lowest BCUT2D eigenvalue weighted by Gasteiger charge is -2.30. The van der Waals surface area contributed by atoms with Gasteiger partial charge in [-0.3, -0.25) is 0 Å². The molecule has 5 heteroatoms. The number of ether oxygens (including phenoxy) is 3. The second kappa shape index (κ2) is 6.06. The first-order valence-corrected chi connectivity index (χ1v) is 8.05. The average molecular weight is 322 g/mol. The molecule has 0 saturated heterocycles. The predicted octanol–water partition coefficient (Wildman–Crippen LogP) is 3.31. The van der Waals surface area contributed by atoms with Crippen LogP contribution in [0.15, 0.2) is 30.3 Å². The lowest BCUT2D eigenvalue weighted by molar-refractivity contribution is 0.142. The molecule has 2 heterocycles. The van der Waals surface area contributed by atoms with Gasteiger partial charge in [-0.1, -0.05) is 6.07 Å². The molecule has 0 N–H and O–H groups in total. The van der Waals surface area contributed by atoms with Gasteiger partial charge in [0.15, 0.2) is 11.5 Å². The summed E-state index contributed by atoms with van der Waals surface area (Å²) in [5.74, 6) is 1.58. The molecule has 0 unspecified atom stereocenters. The second-order valence-corrected chi connectivity index (χ2v) is 5.97. The number of hydrogen-bond acceptors (Lipinski definition) is 5. The lowest BCUT2D eigenvalue weighted by atomic mass is 10.0. The Kier molecular flexibility index (Phi) is 3.75. The van der Waals surface area contributed by atoms with E-state index in [0.29, 0.717) is 18.8 Å². The molecule has 0 saturated carbocycles. The van der Waals surface area contributed by atoms with Crippen LogP contribution in [0, 0.1) is 18.3 Å². The summed E-state index contributed by atoms with van der Waals surface area (Å²) >= 11 is 0. The van der Waals surface area contributed by atoms with Crippen molar-refractivity contribution in [2.45, 2.75) is 13.3 Å². The fourth-order valence-electron chi connectivity index (χ4n) is 3.25. The van der Waals surface area contributed by atoms with Crippen LogP contribution < -0.4 is 14.4 Å². The zero-order valence-electron chi connectivity index (χ0n) is 13.5. The SMILES string of the molecule is Cc1cc(N2CCOCCc3ccc(C#N)cc32)cc2c1OCO2. The van der Waals surface area contributed by atoms with Crippen LogP contribution in [0.3, 0.4) is 0 Å². The molecule has 0 spiro atoms. The van der Waals surface area contributed by atoms with Gasteiger partial charge in [-0.2, -0.15) is 5.26 Å². The third kappa shape index (κ3) is 2.55. The molecule has 2 aliphatic rings. The van der Waals surface area contributed by atoms with Gasteiger partial charge in [-0.05, 0) is 42.7 Å². The minimum Gasteiger partial charge on any atom is -0.454 e. The lowest BCUT2D eigenvalue weighted by Crippen LogP contribution is -2.26. The van der Waals surface area contributed by atoms with Gasteiger partial charge in [-0.25, -0.2) is 0 Å². The van der Waals surface area contributed by atoms with Crippen molar-refractivity contribution < 1.29 is 14.2 Å². The van der Waals surface area contributed by atoms with Crippen LogP contribution in [-0.4, -0.2) is 26.6 Å². The highest BCUT2D eigenvalue weighted by Crippen LogP contribution is 2.41. The zero-order chi connectivity index (χ0) is 16.5. The van der Waals surface area contributed by atoms with Crippen molar-refractivity contribution in [3.05, 3.63) is 47.0 Å². The Morgan fingerprint density at radius 1 is 1.12 bits per heavy atom. The molecule has 4 rings (SSSR count). The van der Waals surface area contributed by atoms with Crippen LogP contribution in [0.25, 0.3) is 0 Å². The summed E-state index contributed by atoms with van der Waals surface area (Å²) in [5.41, 5.74) is 4.98. The van der Waals surface area contributed by atoms with Crippen molar-refractivity contribution in [3.63, 3.8) is 0 Å². The van der Waals surface area contributed by atoms with E-state index < -0.39 is 0 Å². The van der Waals surface area contributed by atoms with E-state index in [1.807, 2.05) is 31.2 Å². The largest absolute Gasteiger partial charge is 0.454 e. The van der Waals surface area contributed by atoms with E-state index in [2.05, 4.69) is 17.0 Å². The van der Waals surface area contributed by atoms with E-state index in [4.69, 9.17) is 14.2 Å². The summed E-state index contributed by atoms with van der Waals surface area (Å²) in [5, 5.41) is 9.26. The highest BCUT2D eigenvalue weighted by atomic mass is 16.7. The fraction of sp³-hybridized carbons (Fsp3) is 0.316. The molecular weight excluding hydrogens is 304 g/mol. The molecular formula is C19H18N2O3.